The molecule has 2 aliphatic heterocycles. The molecule has 1 N–H and O–H groups in total. The third-order valence-electron chi connectivity index (χ3n) is 11.0. The maximum Gasteiger partial charge on any atom is 0.259 e. The third kappa shape index (κ3) is 8.26. The number of thiophene rings is 1. The molecule has 2 aliphatic rings. The highest BCUT2D eigenvalue weighted by Crippen LogP contribution is 2.41. The van der Waals surface area contributed by atoms with Crippen LogP contribution in [0.15, 0.2) is 75.4 Å². The molecule has 57 heavy (non-hydrogen) atoms. The number of hydrogen-bond acceptors (Lipinski definition) is 7. The van der Waals surface area contributed by atoms with E-state index in [4.69, 9.17) is 15.0 Å². The van der Waals surface area contributed by atoms with Gasteiger partial charge in [0.05, 0.1) is 37.5 Å². The number of H-pyrrole nitrogens is 1. The van der Waals surface area contributed by atoms with Crippen molar-refractivity contribution in [1.82, 2.24) is 15.0 Å². The minimum Gasteiger partial charge on any atom is -0.310 e. The number of rotatable bonds is 6. The van der Waals surface area contributed by atoms with Gasteiger partial charge >= 0.3 is 0 Å². The molecule has 0 radical (unpaired) electrons. The summed E-state index contributed by atoms with van der Waals surface area (Å²) in [6, 6.07) is 21.3. The molecule has 0 unspecified atom stereocenters. The standard InChI is InChI=1S/C18H20N2O.C16H19NS.C15H18N2S/c1-10(2)12-5-7-14-13(9-12)6-8-15-16(14)18(21)20-17(19-15)11(3)4;1-9(2)14-8-12-13(17-14)6-5-11-7-15(10(3)4)18-16(11)12;1-8(2)13-7-10-11(16-13)5-6-12-14(10)18-15(17-12)9(3)4/h5-11H,1-4H3,(H,19,20,21);5-7,9-10H,8H2,1-4H3;5-6,8-9H,7H2,1-4H3. The summed E-state index contributed by atoms with van der Waals surface area (Å²) >= 11 is 3.79. The summed E-state index contributed by atoms with van der Waals surface area (Å²) in [4.78, 5) is 35.7. The Labute approximate surface area is 345 Å². The van der Waals surface area contributed by atoms with Crippen LogP contribution in [0, 0.1) is 11.8 Å². The lowest BCUT2D eigenvalue weighted by molar-refractivity contribution is 0.777. The van der Waals surface area contributed by atoms with Crippen LogP contribution in [0.2, 0.25) is 0 Å². The van der Waals surface area contributed by atoms with Crippen molar-refractivity contribution in [2.75, 3.05) is 0 Å². The fourth-order valence-corrected chi connectivity index (χ4v) is 9.67. The van der Waals surface area contributed by atoms with Crippen LogP contribution in [0.4, 0.5) is 11.4 Å². The number of fused-ring (bicyclic) bond motifs is 9. The fraction of sp³-hybridized carbons (Fsp3) is 0.408. The topological polar surface area (TPSA) is 83.4 Å². The number of aromatic amines is 1. The Balaban J connectivity index is 0.000000131. The van der Waals surface area contributed by atoms with Gasteiger partial charge in [0, 0.05) is 56.8 Å². The second-order valence-electron chi connectivity index (χ2n) is 17.5. The number of nitrogens with zero attached hydrogens (tertiary/aromatic N) is 4. The fourth-order valence-electron chi connectivity index (χ4n) is 7.36. The van der Waals surface area contributed by atoms with E-state index in [1.165, 1.54) is 58.5 Å². The second kappa shape index (κ2) is 16.4. The van der Waals surface area contributed by atoms with Crippen molar-refractivity contribution < 1.29 is 0 Å². The molecular weight excluding hydrogens is 739 g/mol. The molecule has 5 heterocycles. The summed E-state index contributed by atoms with van der Waals surface area (Å²) in [5.41, 5.74) is 11.0. The quantitative estimate of drug-likeness (QED) is 0.170. The number of aromatic nitrogens is 3. The summed E-state index contributed by atoms with van der Waals surface area (Å²) in [5, 5.41) is 5.38. The number of hydrogen-bond donors (Lipinski definition) is 1. The van der Waals surface area contributed by atoms with Crippen LogP contribution >= 0.6 is 22.7 Å². The molecule has 0 spiro atoms. The molecule has 0 aliphatic carbocycles. The maximum absolute atomic E-state index is 12.4. The van der Waals surface area contributed by atoms with E-state index in [1.807, 2.05) is 48.7 Å². The van der Waals surface area contributed by atoms with Crippen LogP contribution in [0.25, 0.3) is 42.0 Å². The molecule has 7 aromatic rings. The average Bonchev–Trinajstić information content (AvgIpc) is 3.98. The van der Waals surface area contributed by atoms with Gasteiger partial charge < -0.3 is 4.98 Å². The first-order valence-corrected chi connectivity index (χ1v) is 22.3. The van der Waals surface area contributed by atoms with E-state index in [0.717, 1.165) is 46.2 Å². The normalized spacial score (nSPS) is 13.6. The molecule has 0 fully saturated rings. The van der Waals surface area contributed by atoms with E-state index < -0.39 is 0 Å². The van der Waals surface area contributed by atoms with E-state index in [9.17, 15) is 4.79 Å². The Bertz CT molecular complexity index is 2620. The van der Waals surface area contributed by atoms with Gasteiger partial charge in [0.2, 0.25) is 0 Å². The lowest BCUT2D eigenvalue weighted by Gasteiger charge is -2.10. The van der Waals surface area contributed by atoms with Crippen LogP contribution < -0.4 is 5.56 Å². The van der Waals surface area contributed by atoms with Crippen molar-refractivity contribution in [1.29, 1.82) is 0 Å². The van der Waals surface area contributed by atoms with E-state index in [2.05, 4.69) is 128 Å². The Morgan fingerprint density at radius 2 is 1.18 bits per heavy atom. The Morgan fingerprint density at radius 3 is 1.77 bits per heavy atom. The van der Waals surface area contributed by atoms with Gasteiger partial charge in [-0.1, -0.05) is 113 Å². The maximum atomic E-state index is 12.4. The molecule has 0 bridgehead atoms. The molecule has 0 saturated carbocycles. The number of nitrogens with one attached hydrogen (secondary N) is 1. The zero-order chi connectivity index (χ0) is 40.9. The molecule has 296 valence electrons. The van der Waals surface area contributed by atoms with E-state index in [0.29, 0.717) is 35.0 Å². The largest absolute Gasteiger partial charge is 0.310 e. The van der Waals surface area contributed by atoms with Crippen molar-refractivity contribution in [3.8, 4) is 0 Å². The molecule has 8 heteroatoms. The SMILES string of the molecule is CC(C)C1=Nc2ccc3cc(C(C)C)sc3c2C1.CC(C)C1=Nc2ccc3nc(C(C)C)sc3c2C1.CC(C)c1ccc2c(ccc3nc(C(C)C)[nH]c(=O)c32)c1. The minimum atomic E-state index is -0.0494. The zero-order valence-corrected chi connectivity index (χ0v) is 37.3. The molecule has 3 aromatic heterocycles. The molecule has 9 rings (SSSR count). The number of aliphatic imine (C=N–C) groups is 2. The molecule has 0 amide bonds. The summed E-state index contributed by atoms with van der Waals surface area (Å²) in [5.74, 6) is 3.63. The van der Waals surface area contributed by atoms with Crippen LogP contribution in [-0.2, 0) is 12.8 Å². The van der Waals surface area contributed by atoms with Gasteiger partial charge in [0.1, 0.15) is 5.82 Å². The Morgan fingerprint density at radius 1 is 0.561 bits per heavy atom. The smallest absolute Gasteiger partial charge is 0.259 e. The van der Waals surface area contributed by atoms with Gasteiger partial charge in [0.25, 0.3) is 5.56 Å². The summed E-state index contributed by atoms with van der Waals surface area (Å²) in [6.07, 6.45) is 2.05. The van der Waals surface area contributed by atoms with Gasteiger partial charge in [-0.2, -0.15) is 0 Å². The van der Waals surface area contributed by atoms with Gasteiger partial charge in [-0.15, -0.1) is 22.7 Å². The van der Waals surface area contributed by atoms with Crippen LogP contribution in [-0.4, -0.2) is 26.4 Å². The van der Waals surface area contributed by atoms with Gasteiger partial charge in [-0.25, -0.2) is 9.97 Å². The third-order valence-corrected chi connectivity index (χ3v) is 14.0. The first kappa shape index (κ1) is 40.7. The Kier molecular flexibility index (Phi) is 11.7. The van der Waals surface area contributed by atoms with Gasteiger partial charge in [-0.05, 0) is 75.7 Å². The van der Waals surface area contributed by atoms with Crippen molar-refractivity contribution in [2.45, 2.75) is 120 Å². The highest BCUT2D eigenvalue weighted by Gasteiger charge is 2.23. The predicted molar refractivity (Wildman–Crippen MR) is 249 cm³/mol. The first-order valence-electron chi connectivity index (χ1n) is 20.7. The Hall–Kier alpha value is -4.53. The molecule has 0 saturated heterocycles. The van der Waals surface area contributed by atoms with Crippen LogP contribution in [0.3, 0.4) is 0 Å². The lowest BCUT2D eigenvalue weighted by atomic mass is 9.97. The van der Waals surface area contributed by atoms with Crippen LogP contribution in [0.5, 0.6) is 0 Å². The van der Waals surface area contributed by atoms with E-state index in [-0.39, 0.29) is 11.5 Å². The van der Waals surface area contributed by atoms with E-state index >= 15 is 0 Å². The highest BCUT2D eigenvalue weighted by molar-refractivity contribution is 7.19. The van der Waals surface area contributed by atoms with Crippen molar-refractivity contribution in [3.05, 3.63) is 103 Å². The summed E-state index contributed by atoms with van der Waals surface area (Å²) in [6.45, 7) is 26.2. The molecule has 6 nitrogen and oxygen atoms in total. The predicted octanol–water partition coefficient (Wildman–Crippen LogP) is 14.3. The summed E-state index contributed by atoms with van der Waals surface area (Å²) < 4.78 is 2.80. The zero-order valence-electron chi connectivity index (χ0n) is 35.7. The van der Waals surface area contributed by atoms with Crippen molar-refractivity contribution in [2.24, 2.45) is 21.8 Å². The van der Waals surface area contributed by atoms with Gasteiger partial charge in [-0.3, -0.25) is 14.8 Å². The highest BCUT2D eigenvalue weighted by atomic mass is 32.1. The molecular formula is C49H57N5OS2. The van der Waals surface area contributed by atoms with Gasteiger partial charge in [0.15, 0.2) is 0 Å². The summed E-state index contributed by atoms with van der Waals surface area (Å²) in [7, 11) is 0. The lowest BCUT2D eigenvalue weighted by Crippen LogP contribution is -2.13. The average molecular weight is 796 g/mol. The number of benzene rings is 4. The number of thiazole rings is 1. The monoisotopic (exact) mass is 795 g/mol. The molecule has 4 aromatic carbocycles. The minimum absolute atomic E-state index is 0.0494. The van der Waals surface area contributed by atoms with Crippen LogP contribution in [0.1, 0.15) is 139 Å². The van der Waals surface area contributed by atoms with Crippen molar-refractivity contribution >= 4 is 87.4 Å². The molecule has 0 atom stereocenters. The second-order valence-corrected chi connectivity index (χ2v) is 19.6. The van der Waals surface area contributed by atoms with E-state index in [1.54, 1.807) is 0 Å². The first-order chi connectivity index (χ1) is 27.1. The van der Waals surface area contributed by atoms with Crippen molar-refractivity contribution in [3.63, 3.8) is 0 Å².